The first-order valence-electron chi connectivity index (χ1n) is 9.58. The van der Waals surface area contributed by atoms with E-state index in [0.29, 0.717) is 24.3 Å². The zero-order valence-corrected chi connectivity index (χ0v) is 14.7. The van der Waals surface area contributed by atoms with Crippen LogP contribution in [0.2, 0.25) is 0 Å². The summed E-state index contributed by atoms with van der Waals surface area (Å²) in [7, 11) is 0. The number of hydrogen-bond acceptors (Lipinski definition) is 4. The SMILES string of the molecule is CCN1CCN(C2CCN(C(=O)C[C@H]3CCCOC3)CC2)CC1. The number of piperazine rings is 1. The summed E-state index contributed by atoms with van der Waals surface area (Å²) in [6, 6.07) is 0.691. The van der Waals surface area contributed by atoms with E-state index in [-0.39, 0.29) is 0 Å². The molecule has 3 rings (SSSR count). The van der Waals surface area contributed by atoms with Crippen LogP contribution in [-0.2, 0) is 9.53 Å². The molecule has 3 heterocycles. The van der Waals surface area contributed by atoms with Crippen molar-refractivity contribution in [3.8, 4) is 0 Å². The van der Waals surface area contributed by atoms with E-state index in [1.165, 1.54) is 32.7 Å². The van der Waals surface area contributed by atoms with Crippen LogP contribution in [0.15, 0.2) is 0 Å². The second-order valence-electron chi connectivity index (χ2n) is 7.37. The topological polar surface area (TPSA) is 36.0 Å². The second kappa shape index (κ2) is 8.45. The Balaban J connectivity index is 1.38. The summed E-state index contributed by atoms with van der Waals surface area (Å²) in [5.74, 6) is 0.811. The number of nitrogens with zero attached hydrogens (tertiary/aromatic N) is 3. The average molecular weight is 323 g/mol. The molecule has 0 saturated carbocycles. The van der Waals surface area contributed by atoms with E-state index in [2.05, 4.69) is 21.6 Å². The Kier molecular flexibility index (Phi) is 6.31. The van der Waals surface area contributed by atoms with Gasteiger partial charge >= 0.3 is 0 Å². The summed E-state index contributed by atoms with van der Waals surface area (Å²) in [5.41, 5.74) is 0. The minimum absolute atomic E-state index is 0.356. The Morgan fingerprint density at radius 1 is 1.04 bits per heavy atom. The van der Waals surface area contributed by atoms with E-state index in [9.17, 15) is 4.79 Å². The maximum Gasteiger partial charge on any atom is 0.222 e. The molecule has 132 valence electrons. The summed E-state index contributed by atoms with van der Waals surface area (Å²) in [4.78, 5) is 19.8. The standard InChI is InChI=1S/C18H33N3O2/c1-2-19-9-11-20(12-10-19)17-5-7-21(8-6-17)18(22)14-16-4-3-13-23-15-16/h16-17H,2-15H2,1H3/t16-/m1/s1. The van der Waals surface area contributed by atoms with Gasteiger partial charge in [-0.15, -0.1) is 0 Å². The molecule has 0 spiro atoms. The van der Waals surface area contributed by atoms with Gasteiger partial charge in [0.15, 0.2) is 0 Å². The molecule has 1 atom stereocenters. The first-order valence-corrected chi connectivity index (χ1v) is 9.58. The molecule has 23 heavy (non-hydrogen) atoms. The van der Waals surface area contributed by atoms with Gasteiger partial charge in [-0.1, -0.05) is 6.92 Å². The predicted octanol–water partition coefficient (Wildman–Crippen LogP) is 1.43. The van der Waals surface area contributed by atoms with Gasteiger partial charge in [0.2, 0.25) is 5.91 Å². The van der Waals surface area contributed by atoms with Crippen LogP contribution in [0, 0.1) is 5.92 Å². The van der Waals surface area contributed by atoms with Crippen LogP contribution in [0.4, 0.5) is 0 Å². The highest BCUT2D eigenvalue weighted by Crippen LogP contribution is 2.22. The van der Waals surface area contributed by atoms with Crippen LogP contribution >= 0.6 is 0 Å². The van der Waals surface area contributed by atoms with Crippen LogP contribution in [0.3, 0.4) is 0 Å². The fraction of sp³-hybridized carbons (Fsp3) is 0.944. The number of hydrogen-bond donors (Lipinski definition) is 0. The van der Waals surface area contributed by atoms with Gasteiger partial charge in [0, 0.05) is 64.9 Å². The van der Waals surface area contributed by atoms with Gasteiger partial charge in [-0.3, -0.25) is 9.69 Å². The molecule has 0 aromatic rings. The number of likely N-dealkylation sites (tertiary alicyclic amines) is 1. The summed E-state index contributed by atoms with van der Waals surface area (Å²) in [5, 5.41) is 0. The van der Waals surface area contributed by atoms with Gasteiger partial charge in [0.05, 0.1) is 0 Å². The highest BCUT2D eigenvalue weighted by Gasteiger charge is 2.29. The van der Waals surface area contributed by atoms with Gasteiger partial charge in [-0.25, -0.2) is 0 Å². The lowest BCUT2D eigenvalue weighted by molar-refractivity contribution is -0.135. The normalized spacial score (nSPS) is 28.9. The van der Waals surface area contributed by atoms with Gasteiger partial charge in [0.25, 0.3) is 0 Å². The molecule has 0 unspecified atom stereocenters. The molecule has 1 amide bonds. The Labute approximate surface area is 140 Å². The number of carbonyl (C=O) groups is 1. The lowest BCUT2D eigenvalue weighted by atomic mass is 9.96. The van der Waals surface area contributed by atoms with Crippen LogP contribution < -0.4 is 0 Å². The molecular weight excluding hydrogens is 290 g/mol. The summed E-state index contributed by atoms with van der Waals surface area (Å²) >= 11 is 0. The fourth-order valence-electron chi connectivity index (χ4n) is 4.27. The highest BCUT2D eigenvalue weighted by atomic mass is 16.5. The molecule has 5 heteroatoms. The van der Waals surface area contributed by atoms with Crippen molar-refractivity contribution in [1.82, 2.24) is 14.7 Å². The summed E-state index contributed by atoms with van der Waals surface area (Å²) in [6.45, 7) is 11.8. The van der Waals surface area contributed by atoms with Crippen molar-refractivity contribution < 1.29 is 9.53 Å². The van der Waals surface area contributed by atoms with E-state index >= 15 is 0 Å². The van der Waals surface area contributed by atoms with Crippen molar-refractivity contribution in [2.24, 2.45) is 5.92 Å². The quantitative estimate of drug-likeness (QED) is 0.784. The zero-order chi connectivity index (χ0) is 16.1. The molecule has 3 aliphatic heterocycles. The first kappa shape index (κ1) is 17.2. The molecule has 0 aromatic heterocycles. The minimum Gasteiger partial charge on any atom is -0.381 e. The Hall–Kier alpha value is -0.650. The molecule has 0 aliphatic carbocycles. The van der Waals surface area contributed by atoms with Gasteiger partial charge < -0.3 is 14.5 Å². The lowest BCUT2D eigenvalue weighted by Crippen LogP contribution is -2.53. The molecule has 3 saturated heterocycles. The average Bonchev–Trinajstić information content (AvgIpc) is 2.63. The molecule has 5 nitrogen and oxygen atoms in total. The second-order valence-corrected chi connectivity index (χ2v) is 7.37. The van der Waals surface area contributed by atoms with E-state index in [0.717, 1.165) is 52.0 Å². The molecule has 0 N–H and O–H groups in total. The maximum atomic E-state index is 12.5. The van der Waals surface area contributed by atoms with Crippen molar-refractivity contribution >= 4 is 5.91 Å². The Morgan fingerprint density at radius 2 is 1.78 bits per heavy atom. The van der Waals surface area contributed by atoms with Crippen LogP contribution in [0.1, 0.15) is 39.0 Å². The Morgan fingerprint density at radius 3 is 2.39 bits per heavy atom. The third kappa shape index (κ3) is 4.68. The van der Waals surface area contributed by atoms with Gasteiger partial charge in [-0.2, -0.15) is 0 Å². The summed E-state index contributed by atoms with van der Waals surface area (Å²) < 4.78 is 5.50. The largest absolute Gasteiger partial charge is 0.381 e. The van der Waals surface area contributed by atoms with E-state index in [4.69, 9.17) is 4.74 Å². The molecule has 0 radical (unpaired) electrons. The van der Waals surface area contributed by atoms with Crippen molar-refractivity contribution in [1.29, 1.82) is 0 Å². The fourth-order valence-corrected chi connectivity index (χ4v) is 4.27. The van der Waals surface area contributed by atoms with E-state index in [1.807, 2.05) is 0 Å². The van der Waals surface area contributed by atoms with Crippen molar-refractivity contribution in [3.63, 3.8) is 0 Å². The third-order valence-electron chi connectivity index (χ3n) is 5.91. The molecule has 3 aliphatic rings. The van der Waals surface area contributed by atoms with Crippen molar-refractivity contribution in [2.75, 3.05) is 59.0 Å². The smallest absolute Gasteiger partial charge is 0.222 e. The zero-order valence-electron chi connectivity index (χ0n) is 14.7. The third-order valence-corrected chi connectivity index (χ3v) is 5.91. The van der Waals surface area contributed by atoms with E-state index < -0.39 is 0 Å². The predicted molar refractivity (Wildman–Crippen MR) is 91.4 cm³/mol. The van der Waals surface area contributed by atoms with Gasteiger partial charge in [0.1, 0.15) is 0 Å². The summed E-state index contributed by atoms with van der Waals surface area (Å²) in [6.07, 6.45) is 5.27. The van der Waals surface area contributed by atoms with Crippen LogP contribution in [0.25, 0.3) is 0 Å². The van der Waals surface area contributed by atoms with Gasteiger partial charge in [-0.05, 0) is 38.1 Å². The minimum atomic E-state index is 0.356. The highest BCUT2D eigenvalue weighted by molar-refractivity contribution is 5.76. The number of likely N-dealkylation sites (N-methyl/N-ethyl adjacent to an activating group) is 1. The van der Waals surface area contributed by atoms with E-state index in [1.54, 1.807) is 0 Å². The van der Waals surface area contributed by atoms with Crippen LogP contribution in [-0.4, -0.2) is 85.7 Å². The maximum absolute atomic E-state index is 12.5. The number of rotatable bonds is 4. The lowest BCUT2D eigenvalue weighted by Gasteiger charge is -2.42. The number of ether oxygens (including phenoxy) is 1. The molecular formula is C18H33N3O2. The number of amides is 1. The van der Waals surface area contributed by atoms with Crippen LogP contribution in [0.5, 0.6) is 0 Å². The molecule has 0 aromatic carbocycles. The molecule has 0 bridgehead atoms. The number of piperidine rings is 1. The van der Waals surface area contributed by atoms with Crippen molar-refractivity contribution in [2.45, 2.75) is 45.1 Å². The first-order chi connectivity index (χ1) is 11.3. The van der Waals surface area contributed by atoms with Crippen molar-refractivity contribution in [3.05, 3.63) is 0 Å². The molecule has 3 fully saturated rings. The number of carbonyl (C=O) groups excluding carboxylic acids is 1. The monoisotopic (exact) mass is 323 g/mol. The Bertz CT molecular complexity index is 368.